The molecule has 0 N–H and O–H groups in total. The van der Waals surface area contributed by atoms with Gasteiger partial charge in [-0.15, -0.1) is 0 Å². The summed E-state index contributed by atoms with van der Waals surface area (Å²) in [4.78, 5) is 18.7. The Morgan fingerprint density at radius 2 is 2.00 bits per heavy atom. The van der Waals surface area contributed by atoms with Crippen molar-refractivity contribution in [3.8, 4) is 0 Å². The van der Waals surface area contributed by atoms with E-state index in [4.69, 9.17) is 11.6 Å². The number of pyridine rings is 1. The van der Waals surface area contributed by atoms with Crippen LogP contribution >= 0.6 is 11.6 Å². The van der Waals surface area contributed by atoms with E-state index in [-0.39, 0.29) is 11.3 Å². The maximum atomic E-state index is 12.8. The maximum Gasteiger partial charge on any atom is 0.233 e. The molecule has 1 heterocycles. The average molecular weight is 301 g/mol. The molecule has 1 aromatic heterocycles. The van der Waals surface area contributed by atoms with Gasteiger partial charge in [-0.2, -0.15) is 0 Å². The van der Waals surface area contributed by atoms with E-state index in [1.54, 1.807) is 17.3 Å². The molecular weight excluding hydrogens is 284 g/mol. The minimum Gasteiger partial charge on any atom is -0.341 e. The van der Waals surface area contributed by atoms with Gasteiger partial charge in [0.2, 0.25) is 5.91 Å². The van der Waals surface area contributed by atoms with E-state index in [1.807, 2.05) is 43.4 Å². The van der Waals surface area contributed by atoms with Crippen molar-refractivity contribution in [3.63, 3.8) is 0 Å². The Morgan fingerprint density at radius 3 is 2.57 bits per heavy atom. The zero-order valence-electron chi connectivity index (χ0n) is 11.9. The van der Waals surface area contributed by atoms with Crippen molar-refractivity contribution in [1.29, 1.82) is 0 Å². The zero-order valence-corrected chi connectivity index (χ0v) is 12.7. The number of benzene rings is 1. The number of nitrogens with zero attached hydrogens (tertiary/aromatic N) is 2. The van der Waals surface area contributed by atoms with Gasteiger partial charge in [0.05, 0.1) is 5.41 Å². The standard InChI is InChI=1S/C17H17ClN2O/c1-20(12-13-3-2-10-19-11-13)16(21)17(8-9-17)14-4-6-15(18)7-5-14/h2-7,10-11H,8-9,12H2,1H3. The second-order valence-corrected chi connectivity index (χ2v) is 6.05. The van der Waals surface area contributed by atoms with Crippen LogP contribution in [-0.2, 0) is 16.8 Å². The summed E-state index contributed by atoms with van der Waals surface area (Å²) < 4.78 is 0. The highest BCUT2D eigenvalue weighted by molar-refractivity contribution is 6.30. The number of halogens is 1. The van der Waals surface area contributed by atoms with Crippen LogP contribution in [0, 0.1) is 0 Å². The summed E-state index contributed by atoms with van der Waals surface area (Å²) in [5.74, 6) is 0.175. The Morgan fingerprint density at radius 1 is 1.29 bits per heavy atom. The summed E-state index contributed by atoms with van der Waals surface area (Å²) in [6, 6.07) is 11.5. The van der Waals surface area contributed by atoms with Crippen molar-refractivity contribution in [1.82, 2.24) is 9.88 Å². The number of amides is 1. The molecule has 21 heavy (non-hydrogen) atoms. The Bertz CT molecular complexity index is 636. The number of carbonyl (C=O) groups is 1. The van der Waals surface area contributed by atoms with E-state index >= 15 is 0 Å². The first kappa shape index (κ1) is 14.1. The second kappa shape index (κ2) is 5.49. The SMILES string of the molecule is CN(Cc1cccnc1)C(=O)C1(c2ccc(Cl)cc2)CC1. The molecule has 0 radical (unpaired) electrons. The number of hydrogen-bond acceptors (Lipinski definition) is 2. The lowest BCUT2D eigenvalue weighted by atomic mass is 9.94. The van der Waals surface area contributed by atoms with E-state index in [2.05, 4.69) is 4.98 Å². The molecule has 0 aliphatic heterocycles. The van der Waals surface area contributed by atoms with Gasteiger partial charge in [0.1, 0.15) is 0 Å². The highest BCUT2D eigenvalue weighted by atomic mass is 35.5. The van der Waals surface area contributed by atoms with Crippen LogP contribution in [0.5, 0.6) is 0 Å². The minimum atomic E-state index is -0.346. The van der Waals surface area contributed by atoms with Crippen molar-refractivity contribution in [2.75, 3.05) is 7.05 Å². The third kappa shape index (κ3) is 2.79. The molecule has 4 heteroatoms. The number of aromatic nitrogens is 1. The van der Waals surface area contributed by atoms with Crippen LogP contribution in [0.15, 0.2) is 48.8 Å². The summed E-state index contributed by atoms with van der Waals surface area (Å²) in [7, 11) is 1.85. The average Bonchev–Trinajstić information content (AvgIpc) is 3.30. The van der Waals surface area contributed by atoms with Crippen molar-refractivity contribution < 1.29 is 4.79 Å². The summed E-state index contributed by atoms with van der Waals surface area (Å²) >= 11 is 5.93. The number of hydrogen-bond donors (Lipinski definition) is 0. The van der Waals surface area contributed by atoms with E-state index in [0.717, 1.165) is 24.0 Å². The van der Waals surface area contributed by atoms with Gasteiger partial charge in [-0.1, -0.05) is 29.8 Å². The molecule has 1 aromatic carbocycles. The Labute approximate surface area is 129 Å². The molecule has 0 atom stereocenters. The molecule has 0 spiro atoms. The zero-order chi connectivity index (χ0) is 14.9. The Hall–Kier alpha value is -1.87. The highest BCUT2D eigenvalue weighted by Gasteiger charge is 2.52. The third-order valence-corrected chi connectivity index (χ3v) is 4.30. The Balaban J connectivity index is 1.76. The lowest BCUT2D eigenvalue weighted by Crippen LogP contribution is -2.36. The molecule has 1 fully saturated rings. The van der Waals surface area contributed by atoms with Crippen LogP contribution in [0.3, 0.4) is 0 Å². The fourth-order valence-corrected chi connectivity index (χ4v) is 2.85. The van der Waals surface area contributed by atoms with Crippen LogP contribution in [-0.4, -0.2) is 22.8 Å². The van der Waals surface area contributed by atoms with Crippen molar-refractivity contribution in [2.45, 2.75) is 24.8 Å². The second-order valence-electron chi connectivity index (χ2n) is 5.61. The molecule has 108 valence electrons. The van der Waals surface area contributed by atoms with Crippen LogP contribution < -0.4 is 0 Å². The van der Waals surface area contributed by atoms with Crippen LogP contribution in [0.2, 0.25) is 5.02 Å². The van der Waals surface area contributed by atoms with Gasteiger partial charge in [0, 0.05) is 31.0 Å². The van der Waals surface area contributed by atoms with Gasteiger partial charge >= 0.3 is 0 Å². The monoisotopic (exact) mass is 300 g/mol. The molecule has 1 aliphatic rings. The maximum absolute atomic E-state index is 12.8. The highest BCUT2D eigenvalue weighted by Crippen LogP contribution is 2.49. The molecule has 0 saturated heterocycles. The van der Waals surface area contributed by atoms with E-state index in [9.17, 15) is 4.79 Å². The van der Waals surface area contributed by atoms with Gasteiger partial charge in [0.25, 0.3) is 0 Å². The van der Waals surface area contributed by atoms with Crippen molar-refractivity contribution in [3.05, 3.63) is 64.9 Å². The largest absolute Gasteiger partial charge is 0.341 e. The summed E-state index contributed by atoms with van der Waals surface area (Å²) in [6.45, 7) is 0.585. The van der Waals surface area contributed by atoms with Gasteiger partial charge < -0.3 is 4.90 Å². The fraction of sp³-hybridized carbons (Fsp3) is 0.294. The van der Waals surface area contributed by atoms with E-state index in [0.29, 0.717) is 11.6 Å². The molecule has 0 bridgehead atoms. The van der Waals surface area contributed by atoms with Crippen LogP contribution in [0.1, 0.15) is 24.0 Å². The lowest BCUT2D eigenvalue weighted by molar-refractivity contribution is -0.133. The predicted molar refractivity (Wildman–Crippen MR) is 83.1 cm³/mol. The van der Waals surface area contributed by atoms with E-state index < -0.39 is 0 Å². The van der Waals surface area contributed by atoms with Crippen molar-refractivity contribution >= 4 is 17.5 Å². The first-order valence-electron chi connectivity index (χ1n) is 7.02. The number of likely N-dealkylation sites (N-methyl/N-ethyl adjacent to an activating group) is 1. The number of rotatable bonds is 4. The smallest absolute Gasteiger partial charge is 0.233 e. The first-order chi connectivity index (χ1) is 10.1. The molecule has 2 aromatic rings. The molecule has 1 amide bonds. The number of carbonyl (C=O) groups excluding carboxylic acids is 1. The predicted octanol–water partition coefficient (Wildman–Crippen LogP) is 3.43. The van der Waals surface area contributed by atoms with Gasteiger partial charge in [-0.3, -0.25) is 9.78 Å². The topological polar surface area (TPSA) is 33.2 Å². The molecule has 3 rings (SSSR count). The molecular formula is C17H17ClN2O. The lowest BCUT2D eigenvalue weighted by Gasteiger charge is -2.24. The van der Waals surface area contributed by atoms with Crippen LogP contribution in [0.25, 0.3) is 0 Å². The molecule has 0 unspecified atom stereocenters. The Kier molecular flexibility index (Phi) is 3.68. The molecule has 1 aliphatic carbocycles. The van der Waals surface area contributed by atoms with E-state index in [1.165, 1.54) is 0 Å². The van der Waals surface area contributed by atoms with Crippen molar-refractivity contribution in [2.24, 2.45) is 0 Å². The summed E-state index contributed by atoms with van der Waals surface area (Å²) in [5.41, 5.74) is 1.76. The van der Waals surface area contributed by atoms with Gasteiger partial charge in [0.15, 0.2) is 0 Å². The normalized spacial score (nSPS) is 15.5. The van der Waals surface area contributed by atoms with Crippen LogP contribution in [0.4, 0.5) is 0 Å². The quantitative estimate of drug-likeness (QED) is 0.867. The van der Waals surface area contributed by atoms with Gasteiger partial charge in [-0.05, 0) is 42.2 Å². The van der Waals surface area contributed by atoms with Gasteiger partial charge in [-0.25, -0.2) is 0 Å². The first-order valence-corrected chi connectivity index (χ1v) is 7.40. The minimum absolute atomic E-state index is 0.175. The summed E-state index contributed by atoms with van der Waals surface area (Å²) in [5, 5.41) is 0.700. The molecule has 1 saturated carbocycles. The molecule has 3 nitrogen and oxygen atoms in total. The third-order valence-electron chi connectivity index (χ3n) is 4.05. The summed E-state index contributed by atoms with van der Waals surface area (Å²) in [6.07, 6.45) is 5.35. The fourth-order valence-electron chi connectivity index (χ4n) is 2.72.